The topological polar surface area (TPSA) is 25.2 Å². The van der Waals surface area contributed by atoms with Crippen LogP contribution in [0.2, 0.25) is 5.02 Å². The lowest BCUT2D eigenvalue weighted by molar-refractivity contribution is 0.369. The maximum Gasteiger partial charge on any atom is 0.200 e. The summed E-state index contributed by atoms with van der Waals surface area (Å²) >= 11 is 6.20. The van der Waals surface area contributed by atoms with Crippen molar-refractivity contribution in [1.29, 1.82) is 0 Å². The van der Waals surface area contributed by atoms with Crippen LogP contribution in [0.1, 0.15) is 22.5 Å². The molecule has 4 heteroatoms. The highest BCUT2D eigenvalue weighted by Gasteiger charge is 2.12. The molecule has 0 saturated carbocycles. The highest BCUT2D eigenvalue weighted by atomic mass is 35.5. The van der Waals surface area contributed by atoms with E-state index in [9.17, 15) is 4.79 Å². The number of hydrogen-bond donors (Lipinski definition) is 0. The zero-order valence-electron chi connectivity index (χ0n) is 16.4. The monoisotopic (exact) mass is 390 g/mol. The van der Waals surface area contributed by atoms with E-state index in [1.807, 2.05) is 60.9 Å². The van der Waals surface area contributed by atoms with Gasteiger partial charge in [-0.2, -0.15) is 0 Å². The number of aryl methyl sites for hydroxylation is 1. The molecule has 0 amide bonds. The van der Waals surface area contributed by atoms with Crippen LogP contribution >= 0.6 is 11.6 Å². The van der Waals surface area contributed by atoms with Crippen molar-refractivity contribution >= 4 is 11.6 Å². The van der Waals surface area contributed by atoms with E-state index in [1.54, 1.807) is 6.07 Å². The molecule has 3 aromatic rings. The number of benzene rings is 2. The number of para-hydroxylation sites is 1. The van der Waals surface area contributed by atoms with E-state index in [2.05, 4.69) is 35.9 Å². The SMILES string of the molecule is Cc1cc(=O)c(Cl)c(C)n1-c1ccccc1C#CCN(C)Cc1ccccc1. The van der Waals surface area contributed by atoms with Gasteiger partial charge in [-0.1, -0.05) is 65.9 Å². The molecule has 28 heavy (non-hydrogen) atoms. The first kappa shape index (κ1) is 19.9. The number of hydrogen-bond acceptors (Lipinski definition) is 2. The van der Waals surface area contributed by atoms with Gasteiger partial charge in [0.15, 0.2) is 0 Å². The quantitative estimate of drug-likeness (QED) is 0.609. The predicted molar refractivity (Wildman–Crippen MR) is 116 cm³/mol. The maximum absolute atomic E-state index is 11.9. The van der Waals surface area contributed by atoms with E-state index >= 15 is 0 Å². The summed E-state index contributed by atoms with van der Waals surface area (Å²) in [6, 6.07) is 19.8. The maximum atomic E-state index is 11.9. The van der Waals surface area contributed by atoms with E-state index < -0.39 is 0 Å². The molecule has 1 aromatic heterocycles. The van der Waals surface area contributed by atoms with Crippen LogP contribution in [0.25, 0.3) is 5.69 Å². The van der Waals surface area contributed by atoms with Crippen LogP contribution in [0.4, 0.5) is 0 Å². The Kier molecular flexibility index (Phi) is 6.36. The van der Waals surface area contributed by atoms with Crippen LogP contribution in [-0.4, -0.2) is 23.1 Å². The van der Waals surface area contributed by atoms with Crippen LogP contribution in [0.5, 0.6) is 0 Å². The molecular formula is C24H23ClN2O. The molecule has 0 atom stereocenters. The zero-order chi connectivity index (χ0) is 20.1. The molecule has 0 unspecified atom stereocenters. The molecule has 0 spiro atoms. The molecule has 142 valence electrons. The van der Waals surface area contributed by atoms with Crippen LogP contribution in [0, 0.1) is 25.7 Å². The number of aromatic nitrogens is 1. The summed E-state index contributed by atoms with van der Waals surface area (Å²) in [4.78, 5) is 14.1. The third-order valence-electron chi connectivity index (χ3n) is 4.57. The Morgan fingerprint density at radius 3 is 2.46 bits per heavy atom. The molecule has 2 aromatic carbocycles. The highest BCUT2D eigenvalue weighted by Crippen LogP contribution is 2.21. The predicted octanol–water partition coefficient (Wildman–Crippen LogP) is 4.59. The van der Waals surface area contributed by atoms with Crippen molar-refractivity contribution in [1.82, 2.24) is 9.47 Å². The minimum Gasteiger partial charge on any atom is -0.315 e. The molecular weight excluding hydrogens is 368 g/mol. The summed E-state index contributed by atoms with van der Waals surface area (Å²) < 4.78 is 1.99. The first-order valence-corrected chi connectivity index (χ1v) is 9.54. The lowest BCUT2D eigenvalue weighted by Crippen LogP contribution is -2.18. The van der Waals surface area contributed by atoms with Crippen molar-refractivity contribution in [3.63, 3.8) is 0 Å². The Morgan fingerprint density at radius 1 is 1.04 bits per heavy atom. The third-order valence-corrected chi connectivity index (χ3v) is 5.03. The number of rotatable bonds is 4. The van der Waals surface area contributed by atoms with Gasteiger partial charge in [0.2, 0.25) is 5.43 Å². The lowest BCUT2D eigenvalue weighted by Gasteiger charge is -2.17. The van der Waals surface area contributed by atoms with Crippen LogP contribution < -0.4 is 5.43 Å². The van der Waals surface area contributed by atoms with Gasteiger partial charge in [-0.25, -0.2) is 0 Å². The molecule has 3 nitrogen and oxygen atoms in total. The molecule has 0 fully saturated rings. The number of pyridine rings is 1. The van der Waals surface area contributed by atoms with Crippen molar-refractivity contribution in [2.45, 2.75) is 20.4 Å². The van der Waals surface area contributed by atoms with Gasteiger partial charge in [0.1, 0.15) is 5.02 Å². The molecule has 0 aliphatic rings. The molecule has 3 rings (SSSR count). The largest absolute Gasteiger partial charge is 0.315 e. The zero-order valence-corrected chi connectivity index (χ0v) is 17.1. The molecule has 0 radical (unpaired) electrons. The van der Waals surface area contributed by atoms with Gasteiger partial charge < -0.3 is 4.57 Å². The van der Waals surface area contributed by atoms with Crippen molar-refractivity contribution < 1.29 is 0 Å². The smallest absolute Gasteiger partial charge is 0.200 e. The number of halogens is 1. The fourth-order valence-corrected chi connectivity index (χ4v) is 3.36. The highest BCUT2D eigenvalue weighted by molar-refractivity contribution is 6.31. The normalized spacial score (nSPS) is 10.6. The molecule has 0 bridgehead atoms. The van der Waals surface area contributed by atoms with Crippen molar-refractivity contribution in [3.8, 4) is 17.5 Å². The fraction of sp³-hybridized carbons (Fsp3) is 0.208. The number of nitrogens with zero attached hydrogens (tertiary/aromatic N) is 2. The standard InChI is InChI=1S/C24H23ClN2O/c1-18-16-23(28)24(25)19(2)27(18)22-14-8-7-12-21(22)13-9-15-26(3)17-20-10-5-4-6-11-20/h4-8,10-12,14,16H,15,17H2,1-3H3. The second-order valence-electron chi connectivity index (χ2n) is 6.86. The Hall–Kier alpha value is -2.80. The van der Waals surface area contributed by atoms with Gasteiger partial charge in [0.05, 0.1) is 12.2 Å². The van der Waals surface area contributed by atoms with Gasteiger partial charge in [-0.15, -0.1) is 0 Å². The summed E-state index contributed by atoms with van der Waals surface area (Å²) in [5, 5.41) is 0.246. The first-order valence-electron chi connectivity index (χ1n) is 9.17. The molecule has 0 N–H and O–H groups in total. The average molecular weight is 391 g/mol. The minimum atomic E-state index is -0.154. The first-order chi connectivity index (χ1) is 13.5. The van der Waals surface area contributed by atoms with Crippen molar-refractivity contribution in [2.24, 2.45) is 0 Å². The summed E-state index contributed by atoms with van der Waals surface area (Å²) in [5.41, 5.74) is 4.50. The Bertz CT molecular complexity index is 1090. The Balaban J connectivity index is 1.86. The third kappa shape index (κ3) is 4.54. The van der Waals surface area contributed by atoms with E-state index in [1.165, 1.54) is 5.56 Å². The van der Waals surface area contributed by atoms with Crippen LogP contribution in [-0.2, 0) is 6.54 Å². The minimum absolute atomic E-state index is 0.154. The van der Waals surface area contributed by atoms with E-state index in [0.29, 0.717) is 6.54 Å². The second-order valence-corrected chi connectivity index (χ2v) is 7.24. The Morgan fingerprint density at radius 2 is 1.71 bits per heavy atom. The molecule has 1 heterocycles. The average Bonchev–Trinajstić information content (AvgIpc) is 2.68. The summed E-state index contributed by atoms with van der Waals surface area (Å²) in [5.74, 6) is 6.55. The Labute approximate surface area is 171 Å². The van der Waals surface area contributed by atoms with Crippen LogP contribution in [0.15, 0.2) is 65.5 Å². The van der Waals surface area contributed by atoms with Gasteiger partial charge in [-0.3, -0.25) is 9.69 Å². The van der Waals surface area contributed by atoms with Gasteiger partial charge in [0, 0.05) is 29.6 Å². The van der Waals surface area contributed by atoms with Gasteiger partial charge in [-0.05, 0) is 38.6 Å². The second kappa shape index (κ2) is 8.93. The van der Waals surface area contributed by atoms with Crippen molar-refractivity contribution in [3.05, 3.63) is 98.4 Å². The van der Waals surface area contributed by atoms with Gasteiger partial charge >= 0.3 is 0 Å². The van der Waals surface area contributed by atoms with E-state index in [-0.39, 0.29) is 10.5 Å². The summed E-state index contributed by atoms with van der Waals surface area (Å²) in [6.07, 6.45) is 0. The molecule has 0 aliphatic heterocycles. The summed E-state index contributed by atoms with van der Waals surface area (Å²) in [6.45, 7) is 5.27. The van der Waals surface area contributed by atoms with E-state index in [4.69, 9.17) is 11.6 Å². The fourth-order valence-electron chi connectivity index (χ4n) is 3.22. The lowest BCUT2D eigenvalue weighted by atomic mass is 10.1. The van der Waals surface area contributed by atoms with Gasteiger partial charge in [0.25, 0.3) is 0 Å². The van der Waals surface area contributed by atoms with Crippen LogP contribution in [0.3, 0.4) is 0 Å². The van der Waals surface area contributed by atoms with Crippen molar-refractivity contribution in [2.75, 3.05) is 13.6 Å². The molecule has 0 aliphatic carbocycles. The summed E-state index contributed by atoms with van der Waals surface area (Å²) in [7, 11) is 2.06. The molecule has 0 saturated heterocycles. The van der Waals surface area contributed by atoms with E-state index in [0.717, 1.165) is 29.2 Å².